The van der Waals surface area contributed by atoms with Crippen LogP contribution in [0.1, 0.15) is 22.0 Å². The predicted octanol–water partition coefficient (Wildman–Crippen LogP) is 4.84. The number of nitrogens with one attached hydrogen (secondary N) is 2. The van der Waals surface area contributed by atoms with Gasteiger partial charge in [0.15, 0.2) is 0 Å². The number of H-pyrrole nitrogens is 1. The van der Waals surface area contributed by atoms with Crippen molar-refractivity contribution in [1.29, 1.82) is 0 Å². The second kappa shape index (κ2) is 7.98. The number of anilines is 1. The predicted molar refractivity (Wildman–Crippen MR) is 108 cm³/mol. The molecule has 0 saturated carbocycles. The van der Waals surface area contributed by atoms with Crippen molar-refractivity contribution in [2.45, 2.75) is 6.10 Å². The number of carbonyl (C=O) groups is 2. The number of amides is 1. The third-order valence-electron chi connectivity index (χ3n) is 4.49. The zero-order chi connectivity index (χ0) is 20.2. The Bertz CT molecular complexity index is 1150. The van der Waals surface area contributed by atoms with Crippen molar-refractivity contribution in [3.63, 3.8) is 0 Å². The molecule has 0 fully saturated rings. The summed E-state index contributed by atoms with van der Waals surface area (Å²) in [5, 5.41) is 3.38. The van der Waals surface area contributed by atoms with Crippen molar-refractivity contribution in [1.82, 2.24) is 4.98 Å². The largest absolute Gasteiger partial charge is 0.444 e. The Hall–Kier alpha value is -3.93. The number of hydrogen-bond donors (Lipinski definition) is 2. The van der Waals surface area contributed by atoms with Gasteiger partial charge in [-0.25, -0.2) is 9.18 Å². The molecule has 0 aliphatic rings. The van der Waals surface area contributed by atoms with Gasteiger partial charge in [0.2, 0.25) is 6.10 Å². The van der Waals surface area contributed by atoms with Crippen LogP contribution in [0.3, 0.4) is 0 Å². The lowest BCUT2D eigenvalue weighted by molar-refractivity contribution is -0.125. The summed E-state index contributed by atoms with van der Waals surface area (Å²) < 4.78 is 18.7. The van der Waals surface area contributed by atoms with E-state index in [2.05, 4.69) is 10.3 Å². The van der Waals surface area contributed by atoms with Crippen LogP contribution in [0.5, 0.6) is 0 Å². The fourth-order valence-electron chi connectivity index (χ4n) is 3.05. The molecule has 3 aromatic carbocycles. The summed E-state index contributed by atoms with van der Waals surface area (Å²) >= 11 is 0. The lowest BCUT2D eigenvalue weighted by Gasteiger charge is -2.18. The minimum Gasteiger partial charge on any atom is -0.444 e. The zero-order valence-corrected chi connectivity index (χ0v) is 15.3. The highest BCUT2D eigenvalue weighted by Crippen LogP contribution is 2.25. The van der Waals surface area contributed by atoms with Crippen LogP contribution in [-0.2, 0) is 9.53 Å². The van der Waals surface area contributed by atoms with Gasteiger partial charge in [0.25, 0.3) is 5.91 Å². The number of aromatic amines is 1. The second-order valence-corrected chi connectivity index (χ2v) is 6.44. The van der Waals surface area contributed by atoms with Gasteiger partial charge in [-0.05, 0) is 30.3 Å². The van der Waals surface area contributed by atoms with Gasteiger partial charge < -0.3 is 15.0 Å². The van der Waals surface area contributed by atoms with E-state index in [9.17, 15) is 14.0 Å². The number of hydrogen-bond acceptors (Lipinski definition) is 3. The number of ether oxygens (including phenoxy) is 1. The number of halogens is 1. The molecule has 0 saturated heterocycles. The molecule has 0 bridgehead atoms. The Morgan fingerprint density at radius 2 is 1.59 bits per heavy atom. The molecule has 2 N–H and O–H groups in total. The first-order valence-corrected chi connectivity index (χ1v) is 9.00. The molecule has 1 heterocycles. The quantitative estimate of drug-likeness (QED) is 0.481. The number of fused-ring (bicyclic) bond motifs is 1. The fourth-order valence-corrected chi connectivity index (χ4v) is 3.05. The molecule has 1 aromatic heterocycles. The fraction of sp³-hybridized carbons (Fsp3) is 0.0435. The topological polar surface area (TPSA) is 71.2 Å². The van der Waals surface area contributed by atoms with E-state index < -0.39 is 23.8 Å². The minimum atomic E-state index is -1.16. The molecule has 0 unspecified atom stereocenters. The molecule has 29 heavy (non-hydrogen) atoms. The van der Waals surface area contributed by atoms with Crippen molar-refractivity contribution >= 4 is 28.5 Å². The molecule has 1 amide bonds. The standard InChI is InChI=1S/C23H17FN2O3/c24-16-10-12-17(13-11-16)26-22(27)21(15-6-2-1-3-7-15)29-23(28)19-14-25-20-9-5-4-8-18(19)20/h1-14,21,25H,(H,26,27)/t21-/m0/s1. The van der Waals surface area contributed by atoms with E-state index in [0.29, 0.717) is 22.2 Å². The van der Waals surface area contributed by atoms with E-state index in [1.165, 1.54) is 24.3 Å². The number of benzene rings is 3. The maximum atomic E-state index is 13.1. The van der Waals surface area contributed by atoms with E-state index in [1.807, 2.05) is 18.2 Å². The number of para-hydroxylation sites is 1. The van der Waals surface area contributed by atoms with Gasteiger partial charge in [0.05, 0.1) is 5.56 Å². The van der Waals surface area contributed by atoms with Gasteiger partial charge in [0, 0.05) is 28.4 Å². The minimum absolute atomic E-state index is 0.344. The second-order valence-electron chi connectivity index (χ2n) is 6.44. The highest BCUT2D eigenvalue weighted by atomic mass is 19.1. The van der Waals surface area contributed by atoms with Gasteiger partial charge >= 0.3 is 5.97 Å². The highest BCUT2D eigenvalue weighted by molar-refractivity contribution is 6.05. The first-order chi connectivity index (χ1) is 14.1. The van der Waals surface area contributed by atoms with Gasteiger partial charge in [-0.1, -0.05) is 48.5 Å². The Morgan fingerprint density at radius 3 is 2.34 bits per heavy atom. The van der Waals surface area contributed by atoms with Crippen molar-refractivity contribution in [2.75, 3.05) is 5.32 Å². The molecule has 6 heteroatoms. The normalized spacial score (nSPS) is 11.8. The summed E-state index contributed by atoms with van der Waals surface area (Å²) in [6, 6.07) is 21.4. The Balaban J connectivity index is 1.61. The molecule has 5 nitrogen and oxygen atoms in total. The number of esters is 1. The van der Waals surface area contributed by atoms with Crippen LogP contribution in [0.4, 0.5) is 10.1 Å². The lowest BCUT2D eigenvalue weighted by Crippen LogP contribution is -2.25. The molecule has 0 spiro atoms. The third-order valence-corrected chi connectivity index (χ3v) is 4.49. The number of carbonyl (C=O) groups excluding carboxylic acids is 2. The summed E-state index contributed by atoms with van der Waals surface area (Å²) in [6.45, 7) is 0. The summed E-state index contributed by atoms with van der Waals surface area (Å²) in [6.07, 6.45) is 0.398. The number of aromatic nitrogens is 1. The first-order valence-electron chi connectivity index (χ1n) is 9.00. The summed E-state index contributed by atoms with van der Waals surface area (Å²) in [4.78, 5) is 28.7. The zero-order valence-electron chi connectivity index (χ0n) is 15.3. The molecule has 0 aliphatic carbocycles. The van der Waals surface area contributed by atoms with E-state index in [1.54, 1.807) is 42.6 Å². The maximum absolute atomic E-state index is 13.1. The highest BCUT2D eigenvalue weighted by Gasteiger charge is 2.27. The molecule has 4 rings (SSSR count). The molecular weight excluding hydrogens is 371 g/mol. The van der Waals surface area contributed by atoms with Crippen molar-refractivity contribution in [3.8, 4) is 0 Å². The summed E-state index contributed by atoms with van der Waals surface area (Å²) in [7, 11) is 0. The molecule has 1 atom stereocenters. The van der Waals surface area contributed by atoms with E-state index in [4.69, 9.17) is 4.74 Å². The van der Waals surface area contributed by atoms with Crippen molar-refractivity contribution in [3.05, 3.63) is 102 Å². The van der Waals surface area contributed by atoms with Gasteiger partial charge in [-0.2, -0.15) is 0 Å². The number of rotatable bonds is 5. The van der Waals surface area contributed by atoms with Gasteiger partial charge in [-0.3, -0.25) is 4.79 Å². The average Bonchev–Trinajstić information content (AvgIpc) is 3.18. The molecule has 0 radical (unpaired) electrons. The Kier molecular flexibility index (Phi) is 5.07. The van der Waals surface area contributed by atoms with Crippen LogP contribution in [0.15, 0.2) is 85.1 Å². The SMILES string of the molecule is O=C(O[C@H](C(=O)Nc1ccc(F)cc1)c1ccccc1)c1c[nH]c2ccccc12. The van der Waals surface area contributed by atoms with Crippen LogP contribution in [-0.4, -0.2) is 16.9 Å². The smallest absolute Gasteiger partial charge is 0.341 e. The molecule has 0 aliphatic heterocycles. The van der Waals surface area contributed by atoms with Crippen LogP contribution in [0, 0.1) is 5.82 Å². The van der Waals surface area contributed by atoms with E-state index >= 15 is 0 Å². The maximum Gasteiger partial charge on any atom is 0.341 e. The van der Waals surface area contributed by atoms with Crippen molar-refractivity contribution < 1.29 is 18.7 Å². The lowest BCUT2D eigenvalue weighted by atomic mass is 10.1. The monoisotopic (exact) mass is 388 g/mol. The Morgan fingerprint density at radius 1 is 0.897 bits per heavy atom. The Labute approximate surface area is 166 Å². The van der Waals surface area contributed by atoms with E-state index in [-0.39, 0.29) is 0 Å². The molecular formula is C23H17FN2O3. The van der Waals surface area contributed by atoms with Crippen LogP contribution in [0.25, 0.3) is 10.9 Å². The average molecular weight is 388 g/mol. The van der Waals surface area contributed by atoms with Gasteiger partial charge in [-0.15, -0.1) is 0 Å². The van der Waals surface area contributed by atoms with E-state index in [0.717, 1.165) is 5.52 Å². The molecule has 4 aromatic rings. The summed E-state index contributed by atoms with van der Waals surface area (Å²) in [5.41, 5.74) is 2.07. The summed E-state index contributed by atoms with van der Waals surface area (Å²) in [5.74, 6) is -1.56. The van der Waals surface area contributed by atoms with Crippen LogP contribution >= 0.6 is 0 Å². The molecule has 144 valence electrons. The first kappa shape index (κ1) is 18.4. The van der Waals surface area contributed by atoms with Crippen LogP contribution in [0.2, 0.25) is 0 Å². The van der Waals surface area contributed by atoms with Gasteiger partial charge in [0.1, 0.15) is 5.82 Å². The third kappa shape index (κ3) is 4.01. The van der Waals surface area contributed by atoms with Crippen molar-refractivity contribution in [2.24, 2.45) is 0 Å². The van der Waals surface area contributed by atoms with Crippen LogP contribution < -0.4 is 5.32 Å².